The van der Waals surface area contributed by atoms with Crippen LogP contribution in [0.5, 0.6) is 0 Å². The van der Waals surface area contributed by atoms with Crippen LogP contribution >= 0.6 is 12.4 Å². The molecule has 3 aromatic rings. The van der Waals surface area contributed by atoms with Crippen molar-refractivity contribution in [3.8, 4) is 6.07 Å². The van der Waals surface area contributed by atoms with Crippen molar-refractivity contribution in [2.45, 2.75) is 19.3 Å². The number of ketones is 1. The number of benzene rings is 2. The number of para-hydroxylation sites is 1. The Labute approximate surface area is 175 Å². The number of carbonyl (C=O) groups is 1. The van der Waals surface area contributed by atoms with Crippen LogP contribution in [0, 0.1) is 23.1 Å². The second kappa shape index (κ2) is 9.21. The average molecular weight is 412 g/mol. The topological polar surface area (TPSA) is 59.9 Å². The third-order valence-corrected chi connectivity index (χ3v) is 5.69. The molecular weight excluding hydrogens is 389 g/mol. The number of nitrogens with zero attached hydrogens (tertiary/aromatic N) is 2. The predicted molar refractivity (Wildman–Crippen MR) is 114 cm³/mol. The molecule has 0 saturated carbocycles. The summed E-state index contributed by atoms with van der Waals surface area (Å²) in [6.45, 7) is 2.70. The first-order chi connectivity index (χ1) is 13.7. The zero-order valence-electron chi connectivity index (χ0n) is 16.0. The molecule has 6 heteroatoms. The van der Waals surface area contributed by atoms with Crippen LogP contribution in [0.2, 0.25) is 0 Å². The minimum absolute atomic E-state index is 0. The SMILES string of the molecule is Cl.N#Cc1c[nH]c2c(C(=O)C3CCN(CCc4ccc(F)cc4)CC3)cccc12. The van der Waals surface area contributed by atoms with E-state index in [-0.39, 0.29) is 29.9 Å². The lowest BCUT2D eigenvalue weighted by atomic mass is 9.88. The average Bonchev–Trinajstić information content (AvgIpc) is 3.16. The summed E-state index contributed by atoms with van der Waals surface area (Å²) < 4.78 is 13.0. The normalized spacial score (nSPS) is 15.0. The van der Waals surface area contributed by atoms with E-state index in [9.17, 15) is 14.4 Å². The first-order valence-corrected chi connectivity index (χ1v) is 9.67. The van der Waals surface area contributed by atoms with E-state index in [2.05, 4.69) is 16.0 Å². The van der Waals surface area contributed by atoms with Crippen molar-refractivity contribution < 1.29 is 9.18 Å². The first kappa shape index (κ1) is 21.0. The van der Waals surface area contributed by atoms with Gasteiger partial charge in [-0.1, -0.05) is 24.3 Å². The van der Waals surface area contributed by atoms with Crippen molar-refractivity contribution in [1.29, 1.82) is 5.26 Å². The number of halogens is 2. The molecule has 0 bridgehead atoms. The van der Waals surface area contributed by atoms with Gasteiger partial charge in [-0.3, -0.25) is 4.79 Å². The fourth-order valence-corrected chi connectivity index (χ4v) is 4.03. The molecular formula is C23H23ClFN3O. The van der Waals surface area contributed by atoms with Crippen LogP contribution < -0.4 is 0 Å². The number of aromatic amines is 1. The van der Waals surface area contributed by atoms with Gasteiger partial charge < -0.3 is 9.88 Å². The maximum absolute atomic E-state index is 13.1. The van der Waals surface area contributed by atoms with Gasteiger partial charge in [-0.2, -0.15) is 5.26 Å². The highest BCUT2D eigenvalue weighted by atomic mass is 35.5. The molecule has 1 aromatic heterocycles. The van der Waals surface area contributed by atoms with Gasteiger partial charge in [-0.15, -0.1) is 12.4 Å². The maximum Gasteiger partial charge on any atom is 0.168 e. The Morgan fingerprint density at radius 1 is 1.17 bits per heavy atom. The molecule has 0 aliphatic carbocycles. The highest BCUT2D eigenvalue weighted by molar-refractivity contribution is 6.09. The van der Waals surface area contributed by atoms with Crippen LogP contribution in [0.25, 0.3) is 10.9 Å². The highest BCUT2D eigenvalue weighted by Gasteiger charge is 2.27. The summed E-state index contributed by atoms with van der Waals surface area (Å²) in [7, 11) is 0. The zero-order chi connectivity index (χ0) is 19.5. The third kappa shape index (κ3) is 4.50. The molecule has 1 saturated heterocycles. The lowest BCUT2D eigenvalue weighted by Gasteiger charge is -2.31. The van der Waals surface area contributed by atoms with Gasteiger partial charge in [0.05, 0.1) is 11.1 Å². The van der Waals surface area contributed by atoms with Gasteiger partial charge in [0.1, 0.15) is 11.9 Å². The Balaban J connectivity index is 0.00000240. The predicted octanol–water partition coefficient (Wildman–Crippen LogP) is 4.74. The number of rotatable bonds is 5. The summed E-state index contributed by atoms with van der Waals surface area (Å²) >= 11 is 0. The van der Waals surface area contributed by atoms with Crippen LogP contribution in [0.15, 0.2) is 48.7 Å². The number of aromatic nitrogens is 1. The van der Waals surface area contributed by atoms with Gasteiger partial charge >= 0.3 is 0 Å². The van der Waals surface area contributed by atoms with Gasteiger partial charge in [-0.05, 0) is 56.1 Å². The molecule has 0 spiro atoms. The van der Waals surface area contributed by atoms with Crippen molar-refractivity contribution in [2.24, 2.45) is 5.92 Å². The van der Waals surface area contributed by atoms with Gasteiger partial charge in [0, 0.05) is 29.6 Å². The molecule has 29 heavy (non-hydrogen) atoms. The quantitative estimate of drug-likeness (QED) is 0.617. The Bertz CT molecular complexity index is 1030. The second-order valence-corrected chi connectivity index (χ2v) is 7.40. The van der Waals surface area contributed by atoms with E-state index in [0.717, 1.165) is 55.4 Å². The molecule has 1 aliphatic rings. The highest BCUT2D eigenvalue weighted by Crippen LogP contribution is 2.27. The number of nitriles is 1. The van der Waals surface area contributed by atoms with Crippen molar-refractivity contribution in [2.75, 3.05) is 19.6 Å². The zero-order valence-corrected chi connectivity index (χ0v) is 16.8. The number of hydrogen-bond acceptors (Lipinski definition) is 3. The van der Waals surface area contributed by atoms with Gasteiger partial charge in [0.15, 0.2) is 5.78 Å². The standard InChI is InChI=1S/C23H22FN3O.ClH/c24-19-6-4-16(5-7-19)8-11-27-12-9-17(10-13-27)23(28)21-3-1-2-20-18(14-25)15-26-22(20)21;/h1-7,15,17,26H,8-13H2;1H. The van der Waals surface area contributed by atoms with E-state index in [4.69, 9.17) is 0 Å². The smallest absolute Gasteiger partial charge is 0.168 e. The van der Waals surface area contributed by atoms with Crippen molar-refractivity contribution in [1.82, 2.24) is 9.88 Å². The number of carbonyl (C=O) groups excluding carboxylic acids is 1. The van der Waals surface area contributed by atoms with Crippen molar-refractivity contribution >= 4 is 29.1 Å². The van der Waals surface area contributed by atoms with Gasteiger partial charge in [-0.25, -0.2) is 4.39 Å². The van der Waals surface area contributed by atoms with Crippen LogP contribution in [-0.2, 0) is 6.42 Å². The molecule has 4 rings (SSSR count). The van der Waals surface area contributed by atoms with Gasteiger partial charge in [0.2, 0.25) is 0 Å². The van der Waals surface area contributed by atoms with Crippen LogP contribution in [0.3, 0.4) is 0 Å². The molecule has 0 radical (unpaired) electrons. The second-order valence-electron chi connectivity index (χ2n) is 7.40. The van der Waals surface area contributed by atoms with Crippen LogP contribution in [-0.4, -0.2) is 35.3 Å². The van der Waals surface area contributed by atoms with E-state index in [0.29, 0.717) is 11.1 Å². The summed E-state index contributed by atoms with van der Waals surface area (Å²) in [5.41, 5.74) is 3.15. The first-order valence-electron chi connectivity index (χ1n) is 9.67. The van der Waals surface area contributed by atoms with Crippen molar-refractivity contribution in [3.63, 3.8) is 0 Å². The Kier molecular flexibility index (Phi) is 6.68. The van der Waals surface area contributed by atoms with E-state index < -0.39 is 0 Å². The summed E-state index contributed by atoms with van der Waals surface area (Å²) in [5.74, 6) is -0.0290. The molecule has 2 heterocycles. The Morgan fingerprint density at radius 3 is 2.59 bits per heavy atom. The fourth-order valence-electron chi connectivity index (χ4n) is 4.03. The minimum Gasteiger partial charge on any atom is -0.359 e. The number of likely N-dealkylation sites (tertiary alicyclic amines) is 1. The Hall–Kier alpha value is -2.68. The largest absolute Gasteiger partial charge is 0.359 e. The van der Waals surface area contributed by atoms with Crippen LogP contribution in [0.4, 0.5) is 4.39 Å². The van der Waals surface area contributed by atoms with E-state index in [1.807, 2.05) is 30.3 Å². The molecule has 150 valence electrons. The molecule has 4 nitrogen and oxygen atoms in total. The molecule has 2 aromatic carbocycles. The monoisotopic (exact) mass is 411 g/mol. The van der Waals surface area contributed by atoms with E-state index >= 15 is 0 Å². The Morgan fingerprint density at radius 2 is 1.90 bits per heavy atom. The number of fused-ring (bicyclic) bond motifs is 1. The molecule has 1 N–H and O–H groups in total. The number of hydrogen-bond donors (Lipinski definition) is 1. The lowest BCUT2D eigenvalue weighted by molar-refractivity contribution is 0.0842. The summed E-state index contributed by atoms with van der Waals surface area (Å²) in [5, 5.41) is 10.0. The summed E-state index contributed by atoms with van der Waals surface area (Å²) in [6, 6.07) is 14.4. The third-order valence-electron chi connectivity index (χ3n) is 5.69. The molecule has 1 aliphatic heterocycles. The summed E-state index contributed by atoms with van der Waals surface area (Å²) in [4.78, 5) is 18.5. The number of nitrogens with one attached hydrogen (secondary N) is 1. The molecule has 1 fully saturated rings. The van der Waals surface area contributed by atoms with Gasteiger partial charge in [0.25, 0.3) is 0 Å². The number of piperidine rings is 1. The molecule has 0 amide bonds. The molecule has 0 atom stereocenters. The van der Waals surface area contributed by atoms with Crippen LogP contribution in [0.1, 0.15) is 34.3 Å². The van der Waals surface area contributed by atoms with Crippen molar-refractivity contribution in [3.05, 3.63) is 71.2 Å². The number of Topliss-reactive ketones (excluding diaryl/α,β-unsaturated/α-hetero) is 1. The minimum atomic E-state index is -0.206. The van der Waals surface area contributed by atoms with E-state index in [1.165, 1.54) is 12.1 Å². The number of H-pyrrole nitrogens is 1. The molecule has 0 unspecified atom stereocenters. The van der Waals surface area contributed by atoms with E-state index in [1.54, 1.807) is 6.20 Å². The maximum atomic E-state index is 13.1. The fraction of sp³-hybridized carbons (Fsp3) is 0.304. The lowest BCUT2D eigenvalue weighted by Crippen LogP contribution is -2.37. The summed E-state index contributed by atoms with van der Waals surface area (Å²) in [6.07, 6.45) is 4.23.